The van der Waals surface area contributed by atoms with E-state index >= 15 is 0 Å². The zero-order valence-electron chi connectivity index (χ0n) is 17.5. The number of carbonyl (C=O) groups excluding carboxylic acids is 2. The average molecular weight is 505 g/mol. The third-order valence-electron chi connectivity index (χ3n) is 4.36. The molecule has 7 nitrogen and oxygen atoms in total. The van der Waals surface area contributed by atoms with Gasteiger partial charge in [0.1, 0.15) is 0 Å². The summed E-state index contributed by atoms with van der Waals surface area (Å²) in [5, 5.41) is 0.541. The average Bonchev–Trinajstić information content (AvgIpc) is 3.01. The normalized spacial score (nSPS) is 16.2. The van der Waals surface area contributed by atoms with Crippen LogP contribution in [-0.4, -0.2) is 49.8 Å². The number of esters is 1. The van der Waals surface area contributed by atoms with Crippen molar-refractivity contribution in [3.05, 3.63) is 56.9 Å². The molecule has 0 radical (unpaired) electrons. The summed E-state index contributed by atoms with van der Waals surface area (Å²) >= 11 is 4.74. The molecule has 1 heterocycles. The van der Waals surface area contributed by atoms with E-state index in [0.29, 0.717) is 39.4 Å². The third-order valence-corrected chi connectivity index (χ3v) is 6.01. The Bertz CT molecular complexity index is 1070. The molecule has 0 aromatic heterocycles. The van der Waals surface area contributed by atoms with Crippen molar-refractivity contribution in [1.82, 2.24) is 4.90 Å². The number of amidine groups is 1. The highest BCUT2D eigenvalue weighted by Crippen LogP contribution is 2.39. The minimum absolute atomic E-state index is 0.155. The molecule has 1 saturated heterocycles. The van der Waals surface area contributed by atoms with Crippen LogP contribution in [0.3, 0.4) is 0 Å². The fourth-order valence-corrected chi connectivity index (χ4v) is 4.43. The summed E-state index contributed by atoms with van der Waals surface area (Å²) in [5.74, 6) is 0.608. The molecule has 1 amide bonds. The lowest BCUT2D eigenvalue weighted by atomic mass is 10.2. The van der Waals surface area contributed by atoms with Gasteiger partial charge in [0.25, 0.3) is 5.91 Å². The van der Waals surface area contributed by atoms with E-state index in [1.54, 1.807) is 64.6 Å². The fourth-order valence-electron chi connectivity index (χ4n) is 2.82. The van der Waals surface area contributed by atoms with Gasteiger partial charge in [0.15, 0.2) is 16.7 Å². The van der Waals surface area contributed by atoms with E-state index in [-0.39, 0.29) is 11.9 Å². The van der Waals surface area contributed by atoms with Crippen molar-refractivity contribution < 1.29 is 23.8 Å². The smallest absolute Gasteiger partial charge is 0.338 e. The Hall–Kier alpha value is -2.78. The largest absolute Gasteiger partial charge is 0.493 e. The molecule has 1 aliphatic heterocycles. The highest BCUT2D eigenvalue weighted by Gasteiger charge is 2.30. The van der Waals surface area contributed by atoms with Crippen LogP contribution in [0.25, 0.3) is 6.08 Å². The monoisotopic (exact) mass is 504 g/mol. The second kappa shape index (κ2) is 10.0. The standard InChI is InChI=1S/C22H21BrN2O5S/c1-5-30-21(27)14-6-8-15(9-7-14)24-22-25(2)20(26)18(31-22)12-13-10-16(23)19(29-4)17(11-13)28-3/h6-12H,5H2,1-4H3. The lowest BCUT2D eigenvalue weighted by Crippen LogP contribution is -2.23. The molecule has 1 fully saturated rings. The summed E-state index contributed by atoms with van der Waals surface area (Å²) in [6.07, 6.45) is 1.78. The van der Waals surface area contributed by atoms with E-state index in [1.165, 1.54) is 16.7 Å². The zero-order chi connectivity index (χ0) is 22.5. The van der Waals surface area contributed by atoms with Gasteiger partial charge in [-0.2, -0.15) is 0 Å². The summed E-state index contributed by atoms with van der Waals surface area (Å²) in [4.78, 5) is 31.1. The van der Waals surface area contributed by atoms with Gasteiger partial charge in [-0.05, 0) is 82.7 Å². The van der Waals surface area contributed by atoms with Gasteiger partial charge in [-0.25, -0.2) is 9.79 Å². The number of ether oxygens (including phenoxy) is 3. The quantitative estimate of drug-likeness (QED) is 0.412. The minimum atomic E-state index is -0.379. The van der Waals surface area contributed by atoms with Crippen LogP contribution in [-0.2, 0) is 9.53 Å². The van der Waals surface area contributed by atoms with Crippen LogP contribution in [0.4, 0.5) is 5.69 Å². The van der Waals surface area contributed by atoms with E-state index in [1.807, 2.05) is 6.07 Å². The van der Waals surface area contributed by atoms with Gasteiger partial charge in [0.05, 0.1) is 41.5 Å². The Labute approximate surface area is 193 Å². The molecule has 0 saturated carbocycles. The topological polar surface area (TPSA) is 77.4 Å². The Kier molecular flexibility index (Phi) is 7.40. The summed E-state index contributed by atoms with van der Waals surface area (Å²) in [6.45, 7) is 2.08. The van der Waals surface area contributed by atoms with Gasteiger partial charge < -0.3 is 14.2 Å². The first-order valence-corrected chi connectivity index (χ1v) is 10.9. The van der Waals surface area contributed by atoms with Gasteiger partial charge in [-0.1, -0.05) is 0 Å². The molecule has 2 aromatic rings. The van der Waals surface area contributed by atoms with Crippen molar-refractivity contribution >= 4 is 56.5 Å². The molecule has 0 bridgehead atoms. The lowest BCUT2D eigenvalue weighted by molar-refractivity contribution is -0.121. The van der Waals surface area contributed by atoms with Gasteiger partial charge in [-0.15, -0.1) is 0 Å². The van der Waals surface area contributed by atoms with E-state index in [9.17, 15) is 9.59 Å². The van der Waals surface area contributed by atoms with Gasteiger partial charge in [0.2, 0.25) is 0 Å². The number of methoxy groups -OCH3 is 2. The molecule has 0 spiro atoms. The van der Waals surface area contributed by atoms with Crippen LogP contribution < -0.4 is 9.47 Å². The maximum Gasteiger partial charge on any atom is 0.338 e. The van der Waals surface area contributed by atoms with Gasteiger partial charge in [0, 0.05) is 7.05 Å². The van der Waals surface area contributed by atoms with Crippen molar-refractivity contribution in [3.8, 4) is 11.5 Å². The van der Waals surface area contributed by atoms with E-state index in [4.69, 9.17) is 14.2 Å². The Morgan fingerprint density at radius 1 is 1.19 bits per heavy atom. The number of rotatable bonds is 6. The van der Waals surface area contributed by atoms with Crippen molar-refractivity contribution in [3.63, 3.8) is 0 Å². The number of aliphatic imine (C=N–C) groups is 1. The molecule has 31 heavy (non-hydrogen) atoms. The molecule has 0 N–H and O–H groups in total. The molecule has 9 heteroatoms. The number of hydrogen-bond acceptors (Lipinski definition) is 7. The van der Waals surface area contributed by atoms with Crippen LogP contribution in [0, 0.1) is 0 Å². The Balaban J connectivity index is 1.85. The summed E-state index contributed by atoms with van der Waals surface area (Å²) < 4.78 is 16.4. The summed E-state index contributed by atoms with van der Waals surface area (Å²) in [6, 6.07) is 10.4. The molecule has 0 unspecified atom stereocenters. The number of nitrogens with zero attached hydrogens (tertiary/aromatic N) is 2. The van der Waals surface area contributed by atoms with Crippen molar-refractivity contribution in [2.45, 2.75) is 6.92 Å². The van der Waals surface area contributed by atoms with E-state index in [2.05, 4.69) is 20.9 Å². The predicted octanol–water partition coefficient (Wildman–Crippen LogP) is 4.88. The number of hydrogen-bond donors (Lipinski definition) is 0. The number of thioether (sulfide) groups is 1. The number of benzene rings is 2. The molecular weight excluding hydrogens is 484 g/mol. The Morgan fingerprint density at radius 3 is 2.52 bits per heavy atom. The first-order chi connectivity index (χ1) is 14.9. The second-order valence-electron chi connectivity index (χ2n) is 6.37. The van der Waals surface area contributed by atoms with Crippen LogP contribution in [0.2, 0.25) is 0 Å². The maximum absolute atomic E-state index is 12.7. The summed E-state index contributed by atoms with van der Waals surface area (Å²) in [7, 11) is 4.79. The highest BCUT2D eigenvalue weighted by molar-refractivity contribution is 9.10. The number of carbonyl (C=O) groups is 2. The predicted molar refractivity (Wildman–Crippen MR) is 125 cm³/mol. The number of likely N-dealkylation sites (N-methyl/N-ethyl adjacent to an activating group) is 1. The molecule has 0 aliphatic carbocycles. The second-order valence-corrected chi connectivity index (χ2v) is 8.24. The molecular formula is C22H21BrN2O5S. The van der Waals surface area contributed by atoms with Gasteiger partial charge in [-0.3, -0.25) is 9.69 Å². The molecule has 0 atom stereocenters. The molecule has 1 aliphatic rings. The number of halogens is 1. The summed E-state index contributed by atoms with van der Waals surface area (Å²) in [5.41, 5.74) is 1.87. The molecule has 3 rings (SSSR count). The zero-order valence-corrected chi connectivity index (χ0v) is 19.9. The van der Waals surface area contributed by atoms with Crippen molar-refractivity contribution in [2.24, 2.45) is 4.99 Å². The number of amides is 1. The highest BCUT2D eigenvalue weighted by atomic mass is 79.9. The van der Waals surface area contributed by atoms with Crippen LogP contribution in [0.5, 0.6) is 11.5 Å². The SMILES string of the molecule is CCOC(=O)c1ccc(N=C2SC(=Cc3cc(Br)c(OC)c(OC)c3)C(=O)N2C)cc1. The third kappa shape index (κ3) is 5.11. The van der Waals surface area contributed by atoms with E-state index in [0.717, 1.165) is 10.0 Å². The Morgan fingerprint density at radius 2 is 1.90 bits per heavy atom. The van der Waals surface area contributed by atoms with Crippen LogP contribution in [0.1, 0.15) is 22.8 Å². The van der Waals surface area contributed by atoms with E-state index < -0.39 is 0 Å². The molecule has 2 aromatic carbocycles. The van der Waals surface area contributed by atoms with Crippen molar-refractivity contribution in [2.75, 3.05) is 27.9 Å². The lowest BCUT2D eigenvalue weighted by Gasteiger charge is -2.10. The fraction of sp³-hybridized carbons (Fsp3) is 0.227. The maximum atomic E-state index is 12.7. The molecule has 162 valence electrons. The first-order valence-electron chi connectivity index (χ1n) is 9.33. The first kappa shape index (κ1) is 22.9. The minimum Gasteiger partial charge on any atom is -0.493 e. The van der Waals surface area contributed by atoms with Crippen molar-refractivity contribution in [1.29, 1.82) is 0 Å². The van der Waals surface area contributed by atoms with Gasteiger partial charge >= 0.3 is 5.97 Å². The van der Waals surface area contributed by atoms with Crippen LogP contribution in [0.15, 0.2) is 50.8 Å². The van der Waals surface area contributed by atoms with Crippen LogP contribution >= 0.6 is 27.7 Å².